The van der Waals surface area contributed by atoms with Crippen LogP contribution < -0.4 is 10.6 Å². The number of carbonyl (C=O) groups is 1. The van der Waals surface area contributed by atoms with Crippen LogP contribution in [0.15, 0.2) is 4.99 Å². The van der Waals surface area contributed by atoms with Gasteiger partial charge in [0.2, 0.25) is 5.91 Å². The standard InChI is InChI=1S/C21H39N7OS.HI/c1-6-17(7-2)20(29)28-12-9-18(10-13-28)24-21(22-11-8-14-30-5)23-15-19-26-25-16(3)27(19)4;/h17-18H,6-15H2,1-5H3,(H2,22,23,24);1H. The molecule has 1 fully saturated rings. The lowest BCUT2D eigenvalue weighted by molar-refractivity contribution is -0.136. The SMILES string of the molecule is CCC(CC)C(=O)N1CCC(NC(=NCc2nnc(C)n2C)NCCCSC)CC1.I. The molecule has 1 aliphatic rings. The number of aromatic nitrogens is 3. The van der Waals surface area contributed by atoms with Crippen LogP contribution in [0, 0.1) is 12.8 Å². The van der Waals surface area contributed by atoms with Gasteiger partial charge in [-0.05, 0) is 51.0 Å². The fraction of sp³-hybridized carbons (Fsp3) is 0.810. The van der Waals surface area contributed by atoms with Crippen LogP contribution in [0.5, 0.6) is 0 Å². The number of aliphatic imine (C=N–C) groups is 1. The molecule has 2 rings (SSSR count). The molecule has 0 atom stereocenters. The van der Waals surface area contributed by atoms with Crippen molar-refractivity contribution in [2.75, 3.05) is 31.6 Å². The Kier molecular flexibility index (Phi) is 13.5. The highest BCUT2D eigenvalue weighted by molar-refractivity contribution is 14.0. The van der Waals surface area contributed by atoms with Gasteiger partial charge in [-0.1, -0.05) is 13.8 Å². The van der Waals surface area contributed by atoms with Gasteiger partial charge in [0, 0.05) is 38.6 Å². The Morgan fingerprint density at radius 2 is 1.94 bits per heavy atom. The fourth-order valence-corrected chi connectivity index (χ4v) is 4.08. The minimum atomic E-state index is 0. The summed E-state index contributed by atoms with van der Waals surface area (Å²) in [5.74, 6) is 4.17. The molecule has 31 heavy (non-hydrogen) atoms. The Labute approximate surface area is 208 Å². The third-order valence-electron chi connectivity index (χ3n) is 5.86. The van der Waals surface area contributed by atoms with Crippen molar-refractivity contribution < 1.29 is 4.79 Å². The largest absolute Gasteiger partial charge is 0.356 e. The number of hydrogen-bond donors (Lipinski definition) is 2. The van der Waals surface area contributed by atoms with E-state index in [4.69, 9.17) is 4.99 Å². The molecule has 0 bridgehead atoms. The number of carbonyl (C=O) groups excluding carboxylic acids is 1. The minimum Gasteiger partial charge on any atom is -0.356 e. The van der Waals surface area contributed by atoms with E-state index in [-0.39, 0.29) is 29.9 Å². The first-order valence-corrected chi connectivity index (χ1v) is 12.6. The second kappa shape index (κ2) is 14.9. The zero-order chi connectivity index (χ0) is 21.9. The van der Waals surface area contributed by atoms with Crippen molar-refractivity contribution in [3.05, 3.63) is 11.6 Å². The average Bonchev–Trinajstić information content (AvgIpc) is 3.08. The lowest BCUT2D eigenvalue weighted by Crippen LogP contribution is -2.50. The Balaban J connectivity index is 0.00000480. The number of amides is 1. The summed E-state index contributed by atoms with van der Waals surface area (Å²) in [6.07, 6.45) is 6.95. The molecule has 2 N–H and O–H groups in total. The summed E-state index contributed by atoms with van der Waals surface area (Å²) in [5.41, 5.74) is 0. The Morgan fingerprint density at radius 3 is 2.48 bits per heavy atom. The monoisotopic (exact) mass is 565 g/mol. The molecule has 0 aromatic carbocycles. The van der Waals surface area contributed by atoms with Crippen LogP contribution in [0.1, 0.15) is 57.6 Å². The molecule has 1 aromatic heterocycles. The predicted molar refractivity (Wildman–Crippen MR) is 140 cm³/mol. The van der Waals surface area contributed by atoms with Crippen LogP contribution in [-0.2, 0) is 18.4 Å². The lowest BCUT2D eigenvalue weighted by Gasteiger charge is -2.35. The van der Waals surface area contributed by atoms with E-state index in [1.807, 2.05) is 35.2 Å². The van der Waals surface area contributed by atoms with Crippen LogP contribution in [0.2, 0.25) is 0 Å². The molecule has 178 valence electrons. The first-order valence-electron chi connectivity index (χ1n) is 11.2. The number of piperidine rings is 1. The molecular formula is C21H40IN7OS. The van der Waals surface area contributed by atoms with Gasteiger partial charge in [-0.2, -0.15) is 11.8 Å². The topological polar surface area (TPSA) is 87.4 Å². The number of halogens is 1. The normalized spacial score (nSPS) is 15.2. The highest BCUT2D eigenvalue weighted by Gasteiger charge is 2.26. The molecule has 2 heterocycles. The summed E-state index contributed by atoms with van der Waals surface area (Å²) >= 11 is 1.85. The number of guanidine groups is 1. The van der Waals surface area contributed by atoms with Crippen molar-refractivity contribution in [2.45, 2.75) is 65.5 Å². The minimum absolute atomic E-state index is 0. The Morgan fingerprint density at radius 1 is 1.26 bits per heavy atom. The van der Waals surface area contributed by atoms with Crippen LogP contribution >= 0.6 is 35.7 Å². The van der Waals surface area contributed by atoms with Crippen molar-refractivity contribution in [1.82, 2.24) is 30.3 Å². The Hall–Kier alpha value is -1.04. The van der Waals surface area contributed by atoms with E-state index in [2.05, 4.69) is 40.9 Å². The highest BCUT2D eigenvalue weighted by Crippen LogP contribution is 2.17. The maximum Gasteiger partial charge on any atom is 0.225 e. The molecule has 0 unspecified atom stereocenters. The van der Waals surface area contributed by atoms with Gasteiger partial charge in [-0.25, -0.2) is 4.99 Å². The summed E-state index contributed by atoms with van der Waals surface area (Å²) in [6.45, 7) is 9.15. The van der Waals surface area contributed by atoms with Gasteiger partial charge in [0.15, 0.2) is 11.8 Å². The first-order chi connectivity index (χ1) is 14.5. The summed E-state index contributed by atoms with van der Waals surface area (Å²) < 4.78 is 1.97. The average molecular weight is 566 g/mol. The van der Waals surface area contributed by atoms with E-state index in [0.29, 0.717) is 18.5 Å². The second-order valence-corrected chi connectivity index (χ2v) is 8.90. The lowest BCUT2D eigenvalue weighted by atomic mass is 9.98. The zero-order valence-electron chi connectivity index (χ0n) is 19.7. The summed E-state index contributed by atoms with van der Waals surface area (Å²) in [7, 11) is 1.96. The van der Waals surface area contributed by atoms with Gasteiger partial charge in [-0.3, -0.25) is 4.79 Å². The molecule has 0 spiro atoms. The van der Waals surface area contributed by atoms with Crippen LogP contribution in [0.3, 0.4) is 0 Å². The molecule has 10 heteroatoms. The van der Waals surface area contributed by atoms with E-state index < -0.39 is 0 Å². The molecule has 1 saturated heterocycles. The van der Waals surface area contributed by atoms with Crippen LogP contribution in [-0.4, -0.2) is 69.2 Å². The number of nitrogens with zero attached hydrogens (tertiary/aromatic N) is 5. The van der Waals surface area contributed by atoms with Crippen molar-refractivity contribution in [3.63, 3.8) is 0 Å². The number of hydrogen-bond acceptors (Lipinski definition) is 5. The molecule has 1 amide bonds. The van der Waals surface area contributed by atoms with Gasteiger partial charge < -0.3 is 20.1 Å². The van der Waals surface area contributed by atoms with E-state index in [9.17, 15) is 4.79 Å². The van der Waals surface area contributed by atoms with Gasteiger partial charge in [0.25, 0.3) is 0 Å². The number of likely N-dealkylation sites (tertiary alicyclic amines) is 1. The number of aryl methyl sites for hydroxylation is 1. The molecule has 1 aliphatic heterocycles. The number of rotatable bonds is 10. The fourth-order valence-electron chi connectivity index (χ4n) is 3.65. The molecule has 8 nitrogen and oxygen atoms in total. The van der Waals surface area contributed by atoms with E-state index in [1.54, 1.807) is 0 Å². The molecule has 0 saturated carbocycles. The summed E-state index contributed by atoms with van der Waals surface area (Å²) in [4.78, 5) is 19.4. The zero-order valence-corrected chi connectivity index (χ0v) is 22.8. The third kappa shape index (κ3) is 8.78. The number of thioether (sulfide) groups is 1. The summed E-state index contributed by atoms with van der Waals surface area (Å²) in [6, 6.07) is 0.323. The van der Waals surface area contributed by atoms with Crippen molar-refractivity contribution >= 4 is 47.6 Å². The van der Waals surface area contributed by atoms with Gasteiger partial charge >= 0.3 is 0 Å². The third-order valence-corrected chi connectivity index (χ3v) is 6.56. The van der Waals surface area contributed by atoms with Gasteiger partial charge in [0.05, 0.1) is 0 Å². The highest BCUT2D eigenvalue weighted by atomic mass is 127. The van der Waals surface area contributed by atoms with E-state index >= 15 is 0 Å². The van der Waals surface area contributed by atoms with Gasteiger partial charge in [0.1, 0.15) is 12.4 Å². The summed E-state index contributed by atoms with van der Waals surface area (Å²) in [5, 5.41) is 15.4. The van der Waals surface area contributed by atoms with Gasteiger partial charge in [-0.15, -0.1) is 34.2 Å². The molecule has 0 radical (unpaired) electrons. The molecule has 1 aromatic rings. The number of nitrogens with one attached hydrogen (secondary N) is 2. The van der Waals surface area contributed by atoms with Crippen LogP contribution in [0.4, 0.5) is 0 Å². The Bertz CT molecular complexity index is 685. The predicted octanol–water partition coefficient (Wildman–Crippen LogP) is 2.96. The maximum atomic E-state index is 12.6. The second-order valence-electron chi connectivity index (χ2n) is 7.92. The quantitative estimate of drug-likeness (QED) is 0.196. The molecular weight excluding hydrogens is 525 g/mol. The first kappa shape index (κ1) is 28.0. The maximum absolute atomic E-state index is 12.6. The molecule has 0 aliphatic carbocycles. The van der Waals surface area contributed by atoms with E-state index in [1.165, 1.54) is 0 Å². The van der Waals surface area contributed by atoms with Crippen LogP contribution in [0.25, 0.3) is 0 Å². The van der Waals surface area contributed by atoms with Crippen molar-refractivity contribution in [1.29, 1.82) is 0 Å². The van der Waals surface area contributed by atoms with E-state index in [0.717, 1.165) is 75.1 Å². The smallest absolute Gasteiger partial charge is 0.225 e. The van der Waals surface area contributed by atoms with Crippen molar-refractivity contribution in [2.24, 2.45) is 18.0 Å². The van der Waals surface area contributed by atoms with Crippen molar-refractivity contribution in [3.8, 4) is 0 Å².